The molecule has 0 heterocycles. The number of hydrogen-bond acceptors (Lipinski definition) is 4. The first-order valence-corrected chi connectivity index (χ1v) is 3.77. The Bertz CT molecular complexity index is 553. The standard InChI is InChI=1S/C10H3N3O2/c11-3-1-2-8-4-9(7-12)6-10(5-8)13(14)15/h4-6H. The van der Waals surface area contributed by atoms with Crippen LogP contribution in [0.15, 0.2) is 18.2 Å². The van der Waals surface area contributed by atoms with E-state index in [-0.39, 0.29) is 16.8 Å². The molecule has 0 spiro atoms. The van der Waals surface area contributed by atoms with Crippen LogP contribution in [0.1, 0.15) is 11.1 Å². The number of nitrogens with zero attached hydrogens (tertiary/aromatic N) is 3. The van der Waals surface area contributed by atoms with Crippen LogP contribution >= 0.6 is 0 Å². The van der Waals surface area contributed by atoms with Gasteiger partial charge in [0.15, 0.2) is 6.07 Å². The minimum absolute atomic E-state index is 0.145. The molecule has 0 unspecified atom stereocenters. The topological polar surface area (TPSA) is 90.7 Å². The maximum Gasteiger partial charge on any atom is 0.271 e. The Morgan fingerprint density at radius 1 is 1.20 bits per heavy atom. The van der Waals surface area contributed by atoms with Gasteiger partial charge in [-0.1, -0.05) is 5.92 Å². The zero-order valence-corrected chi connectivity index (χ0v) is 7.39. The van der Waals surface area contributed by atoms with Gasteiger partial charge in [-0.05, 0) is 6.07 Å². The predicted octanol–water partition coefficient (Wildman–Crippen LogP) is 1.34. The van der Waals surface area contributed by atoms with Crippen molar-refractivity contribution in [2.45, 2.75) is 0 Å². The number of nitro groups is 1. The van der Waals surface area contributed by atoms with Crippen LogP contribution in [0.2, 0.25) is 0 Å². The second-order valence-electron chi connectivity index (χ2n) is 2.50. The van der Waals surface area contributed by atoms with Crippen molar-refractivity contribution >= 4 is 5.69 Å². The van der Waals surface area contributed by atoms with Crippen molar-refractivity contribution in [3.63, 3.8) is 0 Å². The molecule has 0 aliphatic rings. The molecule has 0 aliphatic carbocycles. The van der Waals surface area contributed by atoms with Crippen molar-refractivity contribution in [1.29, 1.82) is 10.5 Å². The maximum atomic E-state index is 10.5. The van der Waals surface area contributed by atoms with Crippen molar-refractivity contribution in [2.24, 2.45) is 0 Å². The summed E-state index contributed by atoms with van der Waals surface area (Å²) in [6, 6.07) is 7.12. The van der Waals surface area contributed by atoms with Gasteiger partial charge in [0.2, 0.25) is 0 Å². The largest absolute Gasteiger partial charge is 0.271 e. The van der Waals surface area contributed by atoms with Crippen LogP contribution in [0.5, 0.6) is 0 Å². The lowest BCUT2D eigenvalue weighted by Crippen LogP contribution is -1.90. The first-order chi connectivity index (χ1) is 7.17. The second-order valence-corrected chi connectivity index (χ2v) is 2.50. The summed E-state index contributed by atoms with van der Waals surface area (Å²) in [7, 11) is 0. The van der Waals surface area contributed by atoms with Crippen molar-refractivity contribution in [3.8, 4) is 24.0 Å². The third-order valence-corrected chi connectivity index (χ3v) is 1.52. The molecule has 0 aromatic heterocycles. The Kier molecular flexibility index (Phi) is 3.01. The average molecular weight is 197 g/mol. The molecule has 5 nitrogen and oxygen atoms in total. The first-order valence-electron chi connectivity index (χ1n) is 3.77. The third kappa shape index (κ3) is 2.55. The van der Waals surface area contributed by atoms with Crippen molar-refractivity contribution in [2.75, 3.05) is 0 Å². The zero-order valence-electron chi connectivity index (χ0n) is 7.39. The molecule has 5 heteroatoms. The fraction of sp³-hybridized carbons (Fsp3) is 0. The Labute approximate surface area is 85.3 Å². The summed E-state index contributed by atoms with van der Waals surface area (Å²) < 4.78 is 0. The third-order valence-electron chi connectivity index (χ3n) is 1.52. The normalized spacial score (nSPS) is 7.87. The smallest absolute Gasteiger partial charge is 0.258 e. The SMILES string of the molecule is N#CC#Cc1cc(C#N)cc([N+](=O)[O-])c1. The Morgan fingerprint density at radius 2 is 1.87 bits per heavy atom. The zero-order chi connectivity index (χ0) is 11.3. The highest BCUT2D eigenvalue weighted by molar-refractivity contribution is 5.51. The molecule has 1 rings (SSSR count). The minimum atomic E-state index is -0.613. The molecule has 70 valence electrons. The van der Waals surface area contributed by atoms with Crippen LogP contribution in [-0.2, 0) is 0 Å². The van der Waals surface area contributed by atoms with E-state index >= 15 is 0 Å². The lowest BCUT2D eigenvalue weighted by molar-refractivity contribution is -0.384. The van der Waals surface area contributed by atoms with Crippen molar-refractivity contribution in [1.82, 2.24) is 0 Å². The van der Waals surface area contributed by atoms with Crippen molar-refractivity contribution < 1.29 is 4.92 Å². The summed E-state index contributed by atoms with van der Waals surface area (Å²) in [5.74, 6) is 4.50. The Morgan fingerprint density at radius 3 is 2.40 bits per heavy atom. The molecule has 0 fully saturated rings. The first kappa shape index (κ1) is 10.2. The van der Waals surface area contributed by atoms with E-state index in [0.29, 0.717) is 0 Å². The lowest BCUT2D eigenvalue weighted by Gasteiger charge is -1.93. The van der Waals surface area contributed by atoms with E-state index in [1.807, 2.05) is 0 Å². The van der Waals surface area contributed by atoms with E-state index in [1.54, 1.807) is 12.1 Å². The van der Waals surface area contributed by atoms with Crippen LogP contribution < -0.4 is 0 Å². The number of nitriles is 2. The molecule has 0 atom stereocenters. The molecule has 0 saturated carbocycles. The van der Waals surface area contributed by atoms with Gasteiger partial charge in [0, 0.05) is 23.6 Å². The van der Waals surface area contributed by atoms with Gasteiger partial charge in [0.25, 0.3) is 5.69 Å². The molecule has 0 amide bonds. The fourth-order valence-corrected chi connectivity index (χ4v) is 0.953. The number of nitro benzene ring substituents is 1. The molecule has 1 aromatic carbocycles. The maximum absolute atomic E-state index is 10.5. The van der Waals surface area contributed by atoms with Gasteiger partial charge < -0.3 is 0 Å². The molecule has 0 saturated heterocycles. The molecule has 0 N–H and O–H groups in total. The summed E-state index contributed by atoms with van der Waals surface area (Å²) in [5.41, 5.74) is 0.213. The van der Waals surface area contributed by atoms with Gasteiger partial charge >= 0.3 is 0 Å². The predicted molar refractivity (Wildman–Crippen MR) is 50.3 cm³/mol. The summed E-state index contributed by atoms with van der Waals surface area (Å²) in [5, 5.41) is 27.3. The van der Waals surface area contributed by atoms with Gasteiger partial charge in [-0.25, -0.2) is 0 Å². The van der Waals surface area contributed by atoms with E-state index in [2.05, 4.69) is 11.8 Å². The number of non-ortho nitro benzene ring substituents is 1. The van der Waals surface area contributed by atoms with E-state index in [0.717, 1.165) is 6.07 Å². The molecule has 15 heavy (non-hydrogen) atoms. The highest BCUT2D eigenvalue weighted by Gasteiger charge is 2.08. The minimum Gasteiger partial charge on any atom is -0.258 e. The van der Waals surface area contributed by atoms with Crippen molar-refractivity contribution in [3.05, 3.63) is 39.4 Å². The van der Waals surface area contributed by atoms with Gasteiger partial charge in [-0.15, -0.1) is 0 Å². The summed E-state index contributed by atoms with van der Waals surface area (Å²) in [4.78, 5) is 9.87. The number of hydrogen-bond donors (Lipinski definition) is 0. The van der Waals surface area contributed by atoms with Gasteiger partial charge in [0.1, 0.15) is 0 Å². The van der Waals surface area contributed by atoms with E-state index in [9.17, 15) is 10.1 Å². The fourth-order valence-electron chi connectivity index (χ4n) is 0.953. The van der Waals surface area contributed by atoms with Crippen LogP contribution in [0.3, 0.4) is 0 Å². The highest BCUT2D eigenvalue weighted by Crippen LogP contribution is 2.15. The van der Waals surface area contributed by atoms with Gasteiger partial charge in [0.05, 0.1) is 16.6 Å². The summed E-state index contributed by atoms with van der Waals surface area (Å²) >= 11 is 0. The number of benzene rings is 1. The average Bonchev–Trinajstić information content (AvgIpc) is 2.25. The van der Waals surface area contributed by atoms with Gasteiger partial charge in [-0.2, -0.15) is 10.5 Å². The molecule has 0 bridgehead atoms. The van der Waals surface area contributed by atoms with Crippen LogP contribution in [0, 0.1) is 44.6 Å². The summed E-state index contributed by atoms with van der Waals surface area (Å²) in [6.45, 7) is 0. The molecular formula is C10H3N3O2. The Balaban J connectivity index is 3.32. The monoisotopic (exact) mass is 197 g/mol. The van der Waals surface area contributed by atoms with E-state index in [4.69, 9.17) is 10.5 Å². The Hall–Kier alpha value is -2.84. The second kappa shape index (κ2) is 4.41. The molecule has 0 radical (unpaired) electrons. The quantitative estimate of drug-likeness (QED) is 0.386. The van der Waals surface area contributed by atoms with E-state index < -0.39 is 4.92 Å². The number of rotatable bonds is 1. The lowest BCUT2D eigenvalue weighted by atomic mass is 10.1. The van der Waals surface area contributed by atoms with E-state index in [1.165, 1.54) is 12.1 Å². The van der Waals surface area contributed by atoms with Crippen LogP contribution in [0.4, 0.5) is 5.69 Å². The van der Waals surface area contributed by atoms with Crippen LogP contribution in [0.25, 0.3) is 0 Å². The molecular weight excluding hydrogens is 194 g/mol. The highest BCUT2D eigenvalue weighted by atomic mass is 16.6. The molecule has 0 aliphatic heterocycles. The van der Waals surface area contributed by atoms with Crippen LogP contribution in [-0.4, -0.2) is 4.92 Å². The summed E-state index contributed by atoms with van der Waals surface area (Å²) in [6.07, 6.45) is 0. The molecule has 1 aromatic rings. The van der Waals surface area contributed by atoms with Gasteiger partial charge in [-0.3, -0.25) is 10.1 Å².